The highest BCUT2D eigenvalue weighted by atomic mass is 32.1. The smallest absolute Gasteiger partial charge is 0.222 e. The molecule has 1 amide bonds. The molecule has 0 saturated heterocycles. The first-order valence-corrected chi connectivity index (χ1v) is 8.94. The van der Waals surface area contributed by atoms with Gasteiger partial charge in [-0.2, -0.15) is 0 Å². The van der Waals surface area contributed by atoms with E-state index in [-0.39, 0.29) is 5.91 Å². The number of thiocarbonyl (C=S) groups is 1. The molecule has 0 bridgehead atoms. The van der Waals surface area contributed by atoms with Gasteiger partial charge in [0.25, 0.3) is 0 Å². The lowest BCUT2D eigenvalue weighted by molar-refractivity contribution is -0.131. The van der Waals surface area contributed by atoms with Crippen molar-refractivity contribution in [3.05, 3.63) is 0 Å². The number of hydrogen-bond acceptors (Lipinski definition) is 2. The molecule has 3 nitrogen and oxygen atoms in total. The van der Waals surface area contributed by atoms with Crippen molar-refractivity contribution in [1.29, 1.82) is 0 Å². The van der Waals surface area contributed by atoms with Gasteiger partial charge in [-0.15, -0.1) is 0 Å². The van der Waals surface area contributed by atoms with Crippen LogP contribution in [0.4, 0.5) is 0 Å². The molecule has 0 atom stereocenters. The van der Waals surface area contributed by atoms with Crippen LogP contribution in [-0.4, -0.2) is 28.9 Å². The van der Waals surface area contributed by atoms with Crippen LogP contribution in [0.1, 0.15) is 78.6 Å². The molecule has 0 aromatic rings. The van der Waals surface area contributed by atoms with Gasteiger partial charge in [0.2, 0.25) is 5.91 Å². The number of carbonyl (C=O) groups excluding carboxylic acids is 1. The topological polar surface area (TPSA) is 46.3 Å². The van der Waals surface area contributed by atoms with Crippen molar-refractivity contribution in [3.63, 3.8) is 0 Å². The van der Waals surface area contributed by atoms with Crippen molar-refractivity contribution in [1.82, 2.24) is 4.90 Å². The monoisotopic (exact) mass is 314 g/mol. The Balaban J connectivity index is 3.90. The number of rotatable bonds is 13. The summed E-state index contributed by atoms with van der Waals surface area (Å²) < 4.78 is 0. The van der Waals surface area contributed by atoms with Crippen LogP contribution in [0.2, 0.25) is 0 Å². The number of carbonyl (C=O) groups is 1. The normalized spacial score (nSPS) is 10.9. The van der Waals surface area contributed by atoms with Gasteiger partial charge >= 0.3 is 0 Å². The van der Waals surface area contributed by atoms with E-state index in [1.54, 1.807) is 0 Å². The largest absolute Gasteiger partial charge is 0.393 e. The Hall–Kier alpha value is -0.640. The van der Waals surface area contributed by atoms with Gasteiger partial charge in [-0.25, -0.2) is 0 Å². The lowest BCUT2D eigenvalue weighted by Gasteiger charge is -2.24. The van der Waals surface area contributed by atoms with Crippen LogP contribution in [0, 0.1) is 5.92 Å². The van der Waals surface area contributed by atoms with Gasteiger partial charge in [0.1, 0.15) is 0 Å². The van der Waals surface area contributed by atoms with Crippen LogP contribution < -0.4 is 5.73 Å². The Labute approximate surface area is 136 Å². The van der Waals surface area contributed by atoms with E-state index in [0.29, 0.717) is 30.3 Å². The maximum atomic E-state index is 12.3. The van der Waals surface area contributed by atoms with E-state index < -0.39 is 0 Å². The molecule has 0 aromatic heterocycles. The van der Waals surface area contributed by atoms with E-state index in [0.717, 1.165) is 13.0 Å². The second-order valence-electron chi connectivity index (χ2n) is 6.32. The molecule has 0 spiro atoms. The predicted octanol–water partition coefficient (Wildman–Crippen LogP) is 4.29. The number of amides is 1. The quantitative estimate of drug-likeness (QED) is 0.407. The number of unbranched alkanes of at least 4 members (excludes halogenated alkanes) is 6. The average Bonchev–Trinajstić information content (AvgIpc) is 2.41. The molecular weight excluding hydrogens is 280 g/mol. The third-order valence-corrected chi connectivity index (χ3v) is 3.76. The summed E-state index contributed by atoms with van der Waals surface area (Å²) in [6.07, 6.45) is 9.97. The molecule has 4 heteroatoms. The first-order valence-electron chi connectivity index (χ1n) is 8.53. The summed E-state index contributed by atoms with van der Waals surface area (Å²) in [5.41, 5.74) is 5.54. The van der Waals surface area contributed by atoms with Crippen LogP contribution in [0.25, 0.3) is 0 Å². The van der Waals surface area contributed by atoms with Gasteiger partial charge in [-0.05, 0) is 12.3 Å². The van der Waals surface area contributed by atoms with Gasteiger partial charge in [-0.3, -0.25) is 4.79 Å². The van der Waals surface area contributed by atoms with Crippen LogP contribution in [0.15, 0.2) is 0 Å². The van der Waals surface area contributed by atoms with Crippen LogP contribution >= 0.6 is 12.2 Å². The number of nitrogens with zero attached hydrogens (tertiary/aromatic N) is 1. The predicted molar refractivity (Wildman–Crippen MR) is 95.4 cm³/mol. The zero-order valence-corrected chi connectivity index (χ0v) is 15.0. The molecule has 0 aliphatic heterocycles. The summed E-state index contributed by atoms with van der Waals surface area (Å²) >= 11 is 4.91. The average molecular weight is 315 g/mol. The third kappa shape index (κ3) is 12.8. The van der Waals surface area contributed by atoms with Gasteiger partial charge in [0, 0.05) is 25.9 Å². The zero-order chi connectivity index (χ0) is 16.1. The molecular formula is C17H34N2OS. The van der Waals surface area contributed by atoms with Gasteiger partial charge < -0.3 is 10.6 Å². The van der Waals surface area contributed by atoms with Crippen LogP contribution in [-0.2, 0) is 4.79 Å². The molecule has 0 aliphatic rings. The van der Waals surface area contributed by atoms with Crippen molar-refractivity contribution < 1.29 is 4.79 Å². The lowest BCUT2D eigenvalue weighted by atomic mass is 10.1. The third-order valence-electron chi connectivity index (χ3n) is 3.56. The second kappa shape index (κ2) is 13.1. The number of nitrogens with two attached hydrogens (primary N) is 1. The maximum absolute atomic E-state index is 12.3. The van der Waals surface area contributed by atoms with Crippen molar-refractivity contribution >= 4 is 23.1 Å². The van der Waals surface area contributed by atoms with E-state index >= 15 is 0 Å². The summed E-state index contributed by atoms with van der Waals surface area (Å²) in [5, 5.41) is 0. The molecule has 0 aliphatic carbocycles. The summed E-state index contributed by atoms with van der Waals surface area (Å²) in [6.45, 7) is 7.97. The fourth-order valence-electron chi connectivity index (χ4n) is 2.40. The Morgan fingerprint density at radius 1 is 1.05 bits per heavy atom. The van der Waals surface area contributed by atoms with Gasteiger partial charge in [0.05, 0.1) is 4.99 Å². The van der Waals surface area contributed by atoms with E-state index in [1.807, 2.05) is 4.90 Å². The Morgan fingerprint density at radius 2 is 1.62 bits per heavy atom. The summed E-state index contributed by atoms with van der Waals surface area (Å²) in [5.74, 6) is 0.739. The molecule has 0 rings (SSSR count). The highest BCUT2D eigenvalue weighted by molar-refractivity contribution is 7.80. The van der Waals surface area contributed by atoms with Gasteiger partial charge in [0.15, 0.2) is 0 Å². The molecule has 0 heterocycles. The Kier molecular flexibility index (Phi) is 12.7. The van der Waals surface area contributed by atoms with E-state index in [2.05, 4.69) is 20.8 Å². The highest BCUT2D eigenvalue weighted by Crippen LogP contribution is 2.10. The molecule has 0 aromatic carbocycles. The minimum absolute atomic E-state index is 0.258. The lowest BCUT2D eigenvalue weighted by Crippen LogP contribution is -2.36. The molecule has 21 heavy (non-hydrogen) atoms. The van der Waals surface area contributed by atoms with Crippen molar-refractivity contribution in [2.24, 2.45) is 11.7 Å². The SMILES string of the molecule is CCCCCCCCCC(=O)N(CCC(N)=S)CC(C)C. The first kappa shape index (κ1) is 20.4. The van der Waals surface area contributed by atoms with Gasteiger partial charge in [-0.1, -0.05) is 71.5 Å². The van der Waals surface area contributed by atoms with Crippen molar-refractivity contribution in [3.8, 4) is 0 Å². The van der Waals surface area contributed by atoms with Crippen molar-refractivity contribution in [2.75, 3.05) is 13.1 Å². The maximum Gasteiger partial charge on any atom is 0.222 e. The zero-order valence-electron chi connectivity index (χ0n) is 14.2. The van der Waals surface area contributed by atoms with E-state index in [1.165, 1.54) is 38.5 Å². The van der Waals surface area contributed by atoms with E-state index in [4.69, 9.17) is 18.0 Å². The molecule has 0 saturated carbocycles. The summed E-state index contributed by atoms with van der Waals surface area (Å²) in [4.78, 5) is 14.7. The minimum Gasteiger partial charge on any atom is -0.393 e. The fraction of sp³-hybridized carbons (Fsp3) is 0.882. The van der Waals surface area contributed by atoms with Crippen LogP contribution in [0.5, 0.6) is 0 Å². The standard InChI is InChI=1S/C17H34N2OS/c1-4-5-6-7-8-9-10-11-17(20)19(14-15(2)3)13-12-16(18)21/h15H,4-14H2,1-3H3,(H2,18,21). The minimum atomic E-state index is 0.258. The molecule has 0 unspecified atom stereocenters. The van der Waals surface area contributed by atoms with E-state index in [9.17, 15) is 4.79 Å². The Bertz CT molecular complexity index is 293. The molecule has 2 N–H and O–H groups in total. The fourth-order valence-corrected chi connectivity index (χ4v) is 2.49. The number of hydrogen-bond donors (Lipinski definition) is 1. The molecule has 124 valence electrons. The summed E-state index contributed by atoms with van der Waals surface area (Å²) in [6, 6.07) is 0. The second-order valence-corrected chi connectivity index (χ2v) is 6.85. The first-order chi connectivity index (χ1) is 9.97. The molecule has 0 fully saturated rings. The van der Waals surface area contributed by atoms with Crippen LogP contribution in [0.3, 0.4) is 0 Å². The Morgan fingerprint density at radius 3 is 2.14 bits per heavy atom. The summed E-state index contributed by atoms with van der Waals surface area (Å²) in [7, 11) is 0. The molecule has 0 radical (unpaired) electrons. The van der Waals surface area contributed by atoms with Crippen molar-refractivity contribution in [2.45, 2.75) is 78.6 Å². The highest BCUT2D eigenvalue weighted by Gasteiger charge is 2.14.